The normalized spacial score (nSPS) is 12.6. The Labute approximate surface area is 168 Å². The Morgan fingerprint density at radius 1 is 1.32 bits per heavy atom. The zero-order valence-electron chi connectivity index (χ0n) is 15.3. The molecule has 1 atom stereocenters. The number of benzene rings is 1. The number of hydrogen-bond acceptors (Lipinski definition) is 7. The Hall–Kier alpha value is -2.43. The van der Waals surface area contributed by atoms with Crippen LogP contribution in [0.3, 0.4) is 0 Å². The first-order chi connectivity index (χ1) is 13.1. The number of anilines is 1. The van der Waals surface area contributed by atoms with Crippen LogP contribution in [0.1, 0.15) is 30.6 Å². The van der Waals surface area contributed by atoms with Crippen molar-refractivity contribution in [3.63, 3.8) is 0 Å². The Balaban J connectivity index is 2.18. The maximum Gasteiger partial charge on any atom is 0.335 e. The van der Waals surface area contributed by atoms with E-state index in [1.165, 1.54) is 24.3 Å². The summed E-state index contributed by atoms with van der Waals surface area (Å²) in [6.45, 7) is 4.25. The molecule has 1 aromatic carbocycles. The Morgan fingerprint density at radius 3 is 2.68 bits per heavy atom. The Morgan fingerprint density at radius 2 is 2.04 bits per heavy atom. The van der Waals surface area contributed by atoms with Gasteiger partial charge in [0.2, 0.25) is 11.8 Å². The second kappa shape index (κ2) is 9.18. The highest BCUT2D eigenvalue weighted by Gasteiger charge is 2.19. The lowest BCUT2D eigenvalue weighted by molar-refractivity contribution is 0.0696. The van der Waals surface area contributed by atoms with Crippen molar-refractivity contribution in [2.24, 2.45) is 11.7 Å². The predicted molar refractivity (Wildman–Crippen MR) is 104 cm³/mol. The Bertz CT molecular complexity index is 952. The number of ether oxygens (including phenoxy) is 1. The molecule has 152 valence electrons. The average Bonchev–Trinajstić information content (AvgIpc) is 2.58. The van der Waals surface area contributed by atoms with Crippen molar-refractivity contribution < 1.29 is 23.1 Å². The molecule has 1 aromatic heterocycles. The van der Waals surface area contributed by atoms with Gasteiger partial charge in [0.05, 0.1) is 10.5 Å². The van der Waals surface area contributed by atoms with Crippen molar-refractivity contribution in [3.05, 3.63) is 41.0 Å². The second-order valence-corrected chi connectivity index (χ2v) is 8.56. The molecular formula is C17H21ClN4O5S. The highest BCUT2D eigenvalue weighted by Crippen LogP contribution is 2.20. The molecule has 2 aromatic rings. The van der Waals surface area contributed by atoms with Gasteiger partial charge < -0.3 is 15.6 Å². The minimum Gasteiger partial charge on any atom is -0.478 e. The number of carboxylic acid groups (broad SMARTS) is 1. The van der Waals surface area contributed by atoms with Crippen LogP contribution in [0.15, 0.2) is 35.2 Å². The smallest absolute Gasteiger partial charge is 0.335 e. The zero-order valence-corrected chi connectivity index (χ0v) is 16.9. The Kier molecular flexibility index (Phi) is 7.17. The molecule has 0 aliphatic heterocycles. The number of halogens is 1. The summed E-state index contributed by atoms with van der Waals surface area (Å²) in [6, 6.07) is 6.00. The summed E-state index contributed by atoms with van der Waals surface area (Å²) < 4.78 is 32.6. The summed E-state index contributed by atoms with van der Waals surface area (Å²) in [4.78, 5) is 18.6. The first-order valence-corrected chi connectivity index (χ1v) is 10.2. The summed E-state index contributed by atoms with van der Waals surface area (Å²) in [5.74, 6) is -1.09. The van der Waals surface area contributed by atoms with Crippen LogP contribution in [0.5, 0.6) is 5.88 Å². The number of nitrogens with two attached hydrogens (primary N) is 1. The van der Waals surface area contributed by atoms with E-state index in [0.717, 1.165) is 12.5 Å². The quantitative estimate of drug-likeness (QED) is 0.516. The number of nitrogens with one attached hydrogen (secondary N) is 1. The van der Waals surface area contributed by atoms with Gasteiger partial charge in [0.1, 0.15) is 11.8 Å². The van der Waals surface area contributed by atoms with Gasteiger partial charge in [-0.2, -0.15) is 4.98 Å². The number of sulfonamides is 1. The van der Waals surface area contributed by atoms with E-state index in [1.807, 2.05) is 13.8 Å². The first-order valence-electron chi connectivity index (χ1n) is 8.36. The summed E-state index contributed by atoms with van der Waals surface area (Å²) in [6.07, 6.45) is 0.748. The van der Waals surface area contributed by atoms with E-state index in [2.05, 4.69) is 14.7 Å². The van der Waals surface area contributed by atoms with E-state index >= 15 is 0 Å². The lowest BCUT2D eigenvalue weighted by Crippen LogP contribution is -2.29. The van der Waals surface area contributed by atoms with Gasteiger partial charge >= 0.3 is 5.97 Å². The summed E-state index contributed by atoms with van der Waals surface area (Å²) in [7, 11) is -4.13. The molecule has 0 radical (unpaired) electrons. The molecule has 0 unspecified atom stereocenters. The van der Waals surface area contributed by atoms with Gasteiger partial charge in [-0.15, -0.1) is 0 Å². The van der Waals surface area contributed by atoms with Crippen LogP contribution in [0, 0.1) is 5.92 Å². The fourth-order valence-corrected chi connectivity index (χ4v) is 3.52. The maximum atomic E-state index is 12.5. The minimum absolute atomic E-state index is 0.0283. The molecular weight excluding hydrogens is 408 g/mol. The lowest BCUT2D eigenvalue weighted by atomic mass is 10.1. The number of carbonyl (C=O) groups is 1. The first kappa shape index (κ1) is 21.9. The highest BCUT2D eigenvalue weighted by molar-refractivity contribution is 7.92. The van der Waals surface area contributed by atoms with E-state index in [0.29, 0.717) is 5.92 Å². The fraction of sp³-hybridized carbons (Fsp3) is 0.353. The molecule has 0 aliphatic rings. The van der Waals surface area contributed by atoms with Crippen molar-refractivity contribution in [1.82, 2.24) is 9.97 Å². The van der Waals surface area contributed by atoms with E-state index in [1.54, 1.807) is 0 Å². The van der Waals surface area contributed by atoms with Gasteiger partial charge in [0.15, 0.2) is 0 Å². The molecule has 0 fully saturated rings. The topological polar surface area (TPSA) is 144 Å². The molecule has 0 saturated carbocycles. The van der Waals surface area contributed by atoms with Crippen molar-refractivity contribution in [2.45, 2.75) is 31.2 Å². The fourth-order valence-electron chi connectivity index (χ4n) is 2.36. The van der Waals surface area contributed by atoms with Crippen molar-refractivity contribution in [2.75, 3.05) is 11.3 Å². The van der Waals surface area contributed by atoms with Crippen LogP contribution < -0.4 is 15.2 Å². The molecule has 0 aliphatic carbocycles. The van der Waals surface area contributed by atoms with Gasteiger partial charge in [0.25, 0.3) is 10.0 Å². The molecule has 0 bridgehead atoms. The van der Waals surface area contributed by atoms with Gasteiger partial charge in [0, 0.05) is 12.1 Å². The van der Waals surface area contributed by atoms with E-state index in [-0.39, 0.29) is 40.1 Å². The van der Waals surface area contributed by atoms with Crippen LogP contribution in [0.4, 0.5) is 5.95 Å². The zero-order chi connectivity index (χ0) is 20.9. The van der Waals surface area contributed by atoms with E-state index in [9.17, 15) is 13.2 Å². The van der Waals surface area contributed by atoms with Crippen LogP contribution in [-0.2, 0) is 10.0 Å². The second-order valence-electron chi connectivity index (χ2n) is 6.49. The van der Waals surface area contributed by atoms with Gasteiger partial charge in [-0.05, 0) is 30.5 Å². The summed E-state index contributed by atoms with van der Waals surface area (Å²) >= 11 is 5.92. The van der Waals surface area contributed by atoms with E-state index in [4.69, 9.17) is 27.2 Å². The molecule has 2 rings (SSSR count). The third-order valence-electron chi connectivity index (χ3n) is 3.51. The van der Waals surface area contributed by atoms with Crippen molar-refractivity contribution in [3.8, 4) is 5.88 Å². The van der Waals surface area contributed by atoms with Crippen molar-refractivity contribution in [1.29, 1.82) is 0 Å². The highest BCUT2D eigenvalue weighted by atomic mass is 35.5. The van der Waals surface area contributed by atoms with E-state index < -0.39 is 16.0 Å². The number of aromatic nitrogens is 2. The van der Waals surface area contributed by atoms with Crippen LogP contribution in [0.2, 0.25) is 5.15 Å². The minimum atomic E-state index is -4.13. The molecule has 11 heteroatoms. The number of nitrogens with zero attached hydrogens (tertiary/aromatic N) is 2. The third kappa shape index (κ3) is 6.32. The SMILES string of the molecule is CC(C)C[C@@H](N)COc1cc(Cl)nc(NS(=O)(=O)c2cccc(C(=O)O)c2)n1. The molecule has 9 nitrogen and oxygen atoms in total. The largest absolute Gasteiger partial charge is 0.478 e. The number of hydrogen-bond donors (Lipinski definition) is 3. The van der Waals surface area contributed by atoms with Crippen LogP contribution in [-0.4, -0.2) is 42.1 Å². The van der Waals surface area contributed by atoms with Gasteiger partial charge in [-0.25, -0.2) is 22.9 Å². The summed E-state index contributed by atoms with van der Waals surface area (Å²) in [5.41, 5.74) is 5.79. The lowest BCUT2D eigenvalue weighted by Gasteiger charge is -2.15. The number of rotatable bonds is 9. The summed E-state index contributed by atoms with van der Waals surface area (Å²) in [5, 5.41) is 8.98. The molecule has 0 spiro atoms. The monoisotopic (exact) mass is 428 g/mol. The van der Waals surface area contributed by atoms with Gasteiger partial charge in [-0.1, -0.05) is 31.5 Å². The molecule has 4 N–H and O–H groups in total. The number of carboxylic acids is 1. The number of aromatic carboxylic acids is 1. The third-order valence-corrected chi connectivity index (χ3v) is 5.03. The predicted octanol–water partition coefficient (Wildman–Crippen LogP) is 2.38. The van der Waals surface area contributed by atoms with Crippen molar-refractivity contribution >= 4 is 33.5 Å². The molecule has 1 heterocycles. The maximum absolute atomic E-state index is 12.5. The standard InChI is InChI=1S/C17H21ClN4O5S/c1-10(2)6-12(19)9-27-15-8-14(18)20-17(21-15)22-28(25,26)13-5-3-4-11(7-13)16(23)24/h3-5,7-8,10,12H,6,9,19H2,1-2H3,(H,23,24)(H,20,21,22)/t12-/m1/s1. The molecule has 28 heavy (non-hydrogen) atoms. The molecule has 0 amide bonds. The molecule has 0 saturated heterocycles. The van der Waals surface area contributed by atoms with Crippen LogP contribution >= 0.6 is 11.6 Å². The van der Waals surface area contributed by atoms with Gasteiger partial charge in [-0.3, -0.25) is 0 Å². The average molecular weight is 429 g/mol. The van der Waals surface area contributed by atoms with Crippen LogP contribution in [0.25, 0.3) is 0 Å².